The van der Waals surface area contributed by atoms with Crippen molar-refractivity contribution in [2.24, 2.45) is 0 Å². The second-order valence-electron chi connectivity index (χ2n) is 6.25. The number of benzene rings is 1. The average molecular weight is 325 g/mol. The predicted molar refractivity (Wildman–Crippen MR) is 87.2 cm³/mol. The highest BCUT2D eigenvalue weighted by Crippen LogP contribution is 2.27. The summed E-state index contributed by atoms with van der Waals surface area (Å²) in [5.74, 6) is -0.00161. The number of carbonyl (C=O) groups excluding carboxylic acids is 1. The standard InChI is InChI=1S/C17H19N5O2/c23-17(9-15-14-3-1-2-4-16(14)24-21-15)20-12-5-7-13(8-6-12)22-11-18-10-19-22/h1-4,10-13H,5-9H2,(H,20,23). The molecule has 0 saturated heterocycles. The third-order valence-electron chi connectivity index (χ3n) is 4.65. The lowest BCUT2D eigenvalue weighted by molar-refractivity contribution is -0.121. The number of amides is 1. The van der Waals surface area contributed by atoms with Crippen LogP contribution >= 0.6 is 0 Å². The molecular formula is C17H19N5O2. The van der Waals surface area contributed by atoms with E-state index >= 15 is 0 Å². The van der Waals surface area contributed by atoms with E-state index in [1.54, 1.807) is 12.7 Å². The van der Waals surface area contributed by atoms with E-state index in [2.05, 4.69) is 20.6 Å². The summed E-state index contributed by atoms with van der Waals surface area (Å²) in [5.41, 5.74) is 1.41. The van der Waals surface area contributed by atoms with E-state index in [0.717, 1.165) is 31.1 Å². The van der Waals surface area contributed by atoms with Crippen molar-refractivity contribution in [3.05, 3.63) is 42.6 Å². The van der Waals surface area contributed by atoms with Gasteiger partial charge >= 0.3 is 0 Å². The van der Waals surface area contributed by atoms with Crippen molar-refractivity contribution < 1.29 is 9.32 Å². The molecule has 7 nitrogen and oxygen atoms in total. The van der Waals surface area contributed by atoms with Crippen molar-refractivity contribution in [2.45, 2.75) is 44.2 Å². The van der Waals surface area contributed by atoms with Crippen LogP contribution in [0.1, 0.15) is 37.4 Å². The molecule has 7 heteroatoms. The van der Waals surface area contributed by atoms with Gasteiger partial charge in [-0.15, -0.1) is 0 Å². The van der Waals surface area contributed by atoms with E-state index in [0.29, 0.717) is 17.3 Å². The molecule has 1 aliphatic carbocycles. The molecule has 2 aromatic heterocycles. The molecule has 24 heavy (non-hydrogen) atoms. The topological polar surface area (TPSA) is 85.8 Å². The van der Waals surface area contributed by atoms with Crippen molar-refractivity contribution in [3.63, 3.8) is 0 Å². The Morgan fingerprint density at radius 2 is 2.08 bits per heavy atom. The fourth-order valence-electron chi connectivity index (χ4n) is 3.39. The highest BCUT2D eigenvalue weighted by Gasteiger charge is 2.24. The molecule has 0 bridgehead atoms. The Labute approximate surface area is 139 Å². The Morgan fingerprint density at radius 1 is 1.25 bits per heavy atom. The van der Waals surface area contributed by atoms with Crippen molar-refractivity contribution in [1.82, 2.24) is 25.2 Å². The molecule has 2 heterocycles. The predicted octanol–water partition coefficient (Wildman–Crippen LogP) is 2.26. The van der Waals surface area contributed by atoms with E-state index in [4.69, 9.17) is 4.52 Å². The van der Waals surface area contributed by atoms with Gasteiger partial charge < -0.3 is 9.84 Å². The van der Waals surface area contributed by atoms with Gasteiger partial charge in [0.25, 0.3) is 0 Å². The maximum absolute atomic E-state index is 12.3. The van der Waals surface area contributed by atoms with Gasteiger partial charge in [-0.25, -0.2) is 9.67 Å². The van der Waals surface area contributed by atoms with Crippen LogP contribution in [-0.2, 0) is 11.2 Å². The molecule has 3 aromatic rings. The molecule has 1 saturated carbocycles. The first kappa shape index (κ1) is 14.9. The van der Waals surface area contributed by atoms with Crippen LogP contribution in [0.4, 0.5) is 0 Å². The zero-order valence-electron chi connectivity index (χ0n) is 13.3. The Hall–Kier alpha value is -2.70. The van der Waals surface area contributed by atoms with Crippen LogP contribution < -0.4 is 5.32 Å². The van der Waals surface area contributed by atoms with E-state index in [1.807, 2.05) is 28.9 Å². The lowest BCUT2D eigenvalue weighted by Crippen LogP contribution is -2.38. The molecule has 0 spiro atoms. The monoisotopic (exact) mass is 325 g/mol. The molecule has 1 aromatic carbocycles. The lowest BCUT2D eigenvalue weighted by Gasteiger charge is -2.28. The summed E-state index contributed by atoms with van der Waals surface area (Å²) in [5, 5.41) is 12.3. The van der Waals surface area contributed by atoms with Gasteiger partial charge in [0.1, 0.15) is 18.3 Å². The minimum absolute atomic E-state index is 0.00161. The van der Waals surface area contributed by atoms with Crippen LogP contribution in [0, 0.1) is 0 Å². The number of hydrogen-bond donors (Lipinski definition) is 1. The van der Waals surface area contributed by atoms with Crippen molar-refractivity contribution in [1.29, 1.82) is 0 Å². The summed E-state index contributed by atoms with van der Waals surface area (Å²) in [6.07, 6.45) is 7.49. The Balaban J connectivity index is 1.32. The minimum Gasteiger partial charge on any atom is -0.356 e. The van der Waals surface area contributed by atoms with E-state index in [9.17, 15) is 4.79 Å². The summed E-state index contributed by atoms with van der Waals surface area (Å²) >= 11 is 0. The lowest BCUT2D eigenvalue weighted by atomic mass is 9.91. The smallest absolute Gasteiger partial charge is 0.226 e. The summed E-state index contributed by atoms with van der Waals surface area (Å²) in [4.78, 5) is 16.3. The van der Waals surface area contributed by atoms with Gasteiger partial charge in [0.2, 0.25) is 5.91 Å². The Morgan fingerprint density at radius 3 is 2.88 bits per heavy atom. The van der Waals surface area contributed by atoms with E-state index < -0.39 is 0 Å². The van der Waals surface area contributed by atoms with Crippen LogP contribution in [0.5, 0.6) is 0 Å². The van der Waals surface area contributed by atoms with Crippen LogP contribution in [0.25, 0.3) is 11.0 Å². The highest BCUT2D eigenvalue weighted by molar-refractivity contribution is 5.86. The molecular weight excluding hydrogens is 306 g/mol. The number of aromatic nitrogens is 4. The Bertz CT molecular complexity index is 819. The third-order valence-corrected chi connectivity index (χ3v) is 4.65. The van der Waals surface area contributed by atoms with Gasteiger partial charge in [0.05, 0.1) is 12.5 Å². The molecule has 1 amide bonds. The van der Waals surface area contributed by atoms with Crippen molar-refractivity contribution in [2.75, 3.05) is 0 Å². The minimum atomic E-state index is -0.00161. The van der Waals surface area contributed by atoms with Gasteiger partial charge in [-0.05, 0) is 37.8 Å². The number of nitrogens with one attached hydrogen (secondary N) is 1. The molecule has 4 rings (SSSR count). The van der Waals surface area contributed by atoms with Gasteiger partial charge in [0.15, 0.2) is 5.58 Å². The van der Waals surface area contributed by atoms with E-state index in [-0.39, 0.29) is 18.4 Å². The summed E-state index contributed by atoms with van der Waals surface area (Å²) < 4.78 is 7.17. The number of hydrogen-bond acceptors (Lipinski definition) is 5. The number of fused-ring (bicyclic) bond motifs is 1. The molecule has 0 atom stereocenters. The first-order valence-corrected chi connectivity index (χ1v) is 8.26. The fourth-order valence-corrected chi connectivity index (χ4v) is 3.39. The zero-order chi connectivity index (χ0) is 16.4. The maximum Gasteiger partial charge on any atom is 0.226 e. The Kier molecular flexibility index (Phi) is 3.98. The fraction of sp³-hybridized carbons (Fsp3) is 0.412. The molecule has 0 aliphatic heterocycles. The van der Waals surface area contributed by atoms with Gasteiger partial charge in [-0.1, -0.05) is 17.3 Å². The van der Waals surface area contributed by atoms with Crippen LogP contribution in [0.3, 0.4) is 0 Å². The average Bonchev–Trinajstić information content (AvgIpc) is 3.26. The molecule has 0 unspecified atom stereocenters. The quantitative estimate of drug-likeness (QED) is 0.795. The number of para-hydroxylation sites is 1. The molecule has 0 radical (unpaired) electrons. The second-order valence-corrected chi connectivity index (χ2v) is 6.25. The summed E-state index contributed by atoms with van der Waals surface area (Å²) in [6.45, 7) is 0. The summed E-state index contributed by atoms with van der Waals surface area (Å²) in [7, 11) is 0. The maximum atomic E-state index is 12.3. The van der Waals surface area contributed by atoms with Crippen LogP contribution in [0.2, 0.25) is 0 Å². The number of rotatable bonds is 4. The number of carbonyl (C=O) groups is 1. The van der Waals surface area contributed by atoms with Crippen molar-refractivity contribution in [3.8, 4) is 0 Å². The number of nitrogens with zero attached hydrogens (tertiary/aromatic N) is 4. The first-order valence-electron chi connectivity index (χ1n) is 8.26. The van der Waals surface area contributed by atoms with E-state index in [1.165, 1.54) is 0 Å². The first-order chi connectivity index (χ1) is 11.8. The summed E-state index contributed by atoms with van der Waals surface area (Å²) in [6, 6.07) is 8.21. The SMILES string of the molecule is O=C(Cc1noc2ccccc12)NC1CCC(n2cncn2)CC1. The van der Waals surface area contributed by atoms with Gasteiger partial charge in [-0.3, -0.25) is 4.79 Å². The van der Waals surface area contributed by atoms with Gasteiger partial charge in [0, 0.05) is 11.4 Å². The molecule has 1 N–H and O–H groups in total. The molecule has 124 valence electrons. The molecule has 1 fully saturated rings. The second kappa shape index (κ2) is 6.43. The van der Waals surface area contributed by atoms with Crippen molar-refractivity contribution >= 4 is 16.9 Å². The van der Waals surface area contributed by atoms with Gasteiger partial charge in [-0.2, -0.15) is 5.10 Å². The normalized spacial score (nSPS) is 21.0. The largest absolute Gasteiger partial charge is 0.356 e. The van der Waals surface area contributed by atoms with Crippen LogP contribution in [-0.4, -0.2) is 31.9 Å². The third kappa shape index (κ3) is 3.02. The molecule has 1 aliphatic rings. The highest BCUT2D eigenvalue weighted by atomic mass is 16.5. The van der Waals surface area contributed by atoms with Crippen LogP contribution in [0.15, 0.2) is 41.4 Å². The zero-order valence-corrected chi connectivity index (χ0v) is 13.3.